The molecule has 0 aliphatic heterocycles. The van der Waals surface area contributed by atoms with E-state index in [-0.39, 0.29) is 12.1 Å². The molecule has 0 fully saturated rings. The fourth-order valence-electron chi connectivity index (χ4n) is 3.33. The Morgan fingerprint density at radius 1 is 1.03 bits per heavy atom. The van der Waals surface area contributed by atoms with Crippen LogP contribution in [0.1, 0.15) is 34.5 Å². The second-order valence-corrected chi connectivity index (χ2v) is 8.55. The smallest absolute Gasteiger partial charge is 0.318 e. The van der Waals surface area contributed by atoms with Gasteiger partial charge in [-0.2, -0.15) is 0 Å². The maximum atomic E-state index is 13.2. The number of aryl methyl sites for hydroxylation is 1. The Bertz CT molecular complexity index is 895. The van der Waals surface area contributed by atoms with E-state index < -0.39 is 0 Å². The average Bonchev–Trinajstić information content (AvgIpc) is 3.29. The van der Waals surface area contributed by atoms with Crippen molar-refractivity contribution in [2.45, 2.75) is 32.5 Å². The Hall–Kier alpha value is -2.70. The van der Waals surface area contributed by atoms with Gasteiger partial charge in [-0.15, -0.1) is 11.3 Å². The third-order valence-corrected chi connectivity index (χ3v) is 6.10. The lowest BCUT2D eigenvalue weighted by atomic mass is 10.1. The van der Waals surface area contributed by atoms with E-state index in [1.165, 1.54) is 10.4 Å². The zero-order valence-electron chi connectivity index (χ0n) is 17.9. The number of hydrogen-bond donors (Lipinski definition) is 1. The van der Waals surface area contributed by atoms with Crippen LogP contribution in [0.4, 0.5) is 4.79 Å². The normalized spacial score (nSPS) is 12.0. The second kappa shape index (κ2) is 10.9. The van der Waals surface area contributed by atoms with Crippen molar-refractivity contribution in [3.05, 3.63) is 87.9 Å². The number of pyridine rings is 1. The molecule has 1 aromatic carbocycles. The molecule has 30 heavy (non-hydrogen) atoms. The molecule has 0 unspecified atom stereocenters. The number of benzene rings is 1. The average molecular weight is 423 g/mol. The highest BCUT2D eigenvalue weighted by Crippen LogP contribution is 2.22. The summed E-state index contributed by atoms with van der Waals surface area (Å²) in [6, 6.07) is 16.6. The molecule has 0 saturated carbocycles. The second-order valence-electron chi connectivity index (χ2n) is 7.57. The van der Waals surface area contributed by atoms with Crippen LogP contribution in [-0.2, 0) is 19.5 Å². The summed E-state index contributed by atoms with van der Waals surface area (Å²) in [5, 5.41) is 5.22. The maximum absolute atomic E-state index is 13.2. The van der Waals surface area contributed by atoms with Crippen LogP contribution in [0, 0.1) is 0 Å². The molecule has 0 aliphatic rings. The zero-order valence-corrected chi connectivity index (χ0v) is 18.7. The summed E-state index contributed by atoms with van der Waals surface area (Å²) in [4.78, 5) is 22.6. The van der Waals surface area contributed by atoms with Gasteiger partial charge in [-0.1, -0.05) is 43.3 Å². The Morgan fingerprint density at radius 2 is 1.77 bits per heavy atom. The number of thiophene rings is 1. The number of hydrogen-bond acceptors (Lipinski definition) is 4. The van der Waals surface area contributed by atoms with Gasteiger partial charge < -0.3 is 15.1 Å². The summed E-state index contributed by atoms with van der Waals surface area (Å²) in [5.74, 6) is 0. The standard InChI is InChI=1S/C24H30N4OS/c1-4-19-9-11-20(12-10-19)17-28(18-21-7-5-13-25-15-21)24(29)26-16-22(27(2)3)23-8-6-14-30-23/h5-15,22H,4,16-18H2,1-3H3,(H,26,29)/t22-/m1/s1. The van der Waals surface area contributed by atoms with Crippen molar-refractivity contribution in [1.29, 1.82) is 0 Å². The van der Waals surface area contributed by atoms with Crippen LogP contribution in [-0.4, -0.2) is 41.5 Å². The van der Waals surface area contributed by atoms with Crippen molar-refractivity contribution in [1.82, 2.24) is 20.1 Å². The van der Waals surface area contributed by atoms with Gasteiger partial charge >= 0.3 is 6.03 Å². The number of likely N-dealkylation sites (N-methyl/N-ethyl adjacent to an activating group) is 1. The number of urea groups is 1. The van der Waals surface area contributed by atoms with Gasteiger partial charge in [0.05, 0.1) is 6.04 Å². The van der Waals surface area contributed by atoms with Crippen LogP contribution in [0.15, 0.2) is 66.3 Å². The van der Waals surface area contributed by atoms with E-state index in [0.29, 0.717) is 19.6 Å². The highest BCUT2D eigenvalue weighted by molar-refractivity contribution is 7.10. The van der Waals surface area contributed by atoms with E-state index in [9.17, 15) is 4.79 Å². The molecule has 0 spiro atoms. The molecule has 0 saturated heterocycles. The highest BCUT2D eigenvalue weighted by atomic mass is 32.1. The van der Waals surface area contributed by atoms with Crippen LogP contribution < -0.4 is 5.32 Å². The van der Waals surface area contributed by atoms with Gasteiger partial charge in [0.1, 0.15) is 0 Å². The number of carbonyl (C=O) groups excluding carboxylic acids is 1. The number of nitrogens with one attached hydrogen (secondary N) is 1. The van der Waals surface area contributed by atoms with E-state index in [1.54, 1.807) is 17.5 Å². The molecule has 2 aromatic heterocycles. The minimum atomic E-state index is -0.0678. The molecule has 158 valence electrons. The van der Waals surface area contributed by atoms with Crippen molar-refractivity contribution in [2.24, 2.45) is 0 Å². The molecule has 3 aromatic rings. The maximum Gasteiger partial charge on any atom is 0.318 e. The van der Waals surface area contributed by atoms with Gasteiger partial charge in [0.2, 0.25) is 0 Å². The fraction of sp³-hybridized carbons (Fsp3) is 0.333. The summed E-state index contributed by atoms with van der Waals surface area (Å²) in [6.07, 6.45) is 4.57. The molecule has 2 amide bonds. The third kappa shape index (κ3) is 6.15. The van der Waals surface area contributed by atoms with Crippen molar-refractivity contribution in [3.63, 3.8) is 0 Å². The first-order chi connectivity index (χ1) is 14.6. The van der Waals surface area contributed by atoms with Gasteiger partial charge in [-0.05, 0) is 54.7 Å². The molecule has 2 heterocycles. The summed E-state index contributed by atoms with van der Waals surface area (Å²) < 4.78 is 0. The molecule has 0 bridgehead atoms. The fourth-order valence-corrected chi connectivity index (χ4v) is 4.25. The lowest BCUT2D eigenvalue weighted by molar-refractivity contribution is 0.187. The quantitative estimate of drug-likeness (QED) is 0.543. The molecule has 3 rings (SSSR count). The molecule has 1 atom stereocenters. The number of rotatable bonds is 9. The largest absolute Gasteiger partial charge is 0.336 e. The van der Waals surface area contributed by atoms with Crippen LogP contribution in [0.25, 0.3) is 0 Å². The Kier molecular flexibility index (Phi) is 7.99. The minimum absolute atomic E-state index is 0.0678. The van der Waals surface area contributed by atoms with Gasteiger partial charge in [0.15, 0.2) is 0 Å². The van der Waals surface area contributed by atoms with Gasteiger partial charge in [0.25, 0.3) is 0 Å². The summed E-state index contributed by atoms with van der Waals surface area (Å²) in [7, 11) is 4.08. The SMILES string of the molecule is CCc1ccc(CN(Cc2cccnc2)C(=O)NC[C@H](c2cccs2)N(C)C)cc1. The predicted molar refractivity (Wildman–Crippen MR) is 123 cm³/mol. The minimum Gasteiger partial charge on any atom is -0.336 e. The molecular formula is C24H30N4OS. The van der Waals surface area contributed by atoms with Crippen molar-refractivity contribution >= 4 is 17.4 Å². The van der Waals surface area contributed by atoms with E-state index in [2.05, 4.69) is 57.8 Å². The van der Waals surface area contributed by atoms with E-state index in [4.69, 9.17) is 0 Å². The Labute approximate surface area is 183 Å². The first-order valence-corrected chi connectivity index (χ1v) is 11.1. The van der Waals surface area contributed by atoms with Crippen molar-refractivity contribution in [2.75, 3.05) is 20.6 Å². The van der Waals surface area contributed by atoms with Gasteiger partial charge in [-0.25, -0.2) is 4.79 Å². The number of nitrogens with zero attached hydrogens (tertiary/aromatic N) is 3. The van der Waals surface area contributed by atoms with Crippen LogP contribution >= 0.6 is 11.3 Å². The van der Waals surface area contributed by atoms with Crippen LogP contribution in [0.5, 0.6) is 0 Å². The molecule has 6 heteroatoms. The topological polar surface area (TPSA) is 48.5 Å². The predicted octanol–water partition coefficient (Wildman–Crippen LogP) is 4.72. The molecular weight excluding hydrogens is 392 g/mol. The summed E-state index contributed by atoms with van der Waals surface area (Å²) >= 11 is 1.71. The first-order valence-electron chi connectivity index (χ1n) is 10.3. The molecule has 0 radical (unpaired) electrons. The van der Waals surface area contributed by atoms with E-state index in [0.717, 1.165) is 17.5 Å². The lowest BCUT2D eigenvalue weighted by Crippen LogP contribution is -2.42. The molecule has 0 aliphatic carbocycles. The highest BCUT2D eigenvalue weighted by Gasteiger charge is 2.19. The number of aromatic nitrogens is 1. The van der Waals surface area contributed by atoms with Gasteiger partial charge in [-0.3, -0.25) is 4.98 Å². The number of amides is 2. The van der Waals surface area contributed by atoms with Crippen LogP contribution in [0.2, 0.25) is 0 Å². The lowest BCUT2D eigenvalue weighted by Gasteiger charge is -2.27. The zero-order chi connectivity index (χ0) is 21.3. The first kappa shape index (κ1) is 22.0. The summed E-state index contributed by atoms with van der Waals surface area (Å²) in [6.45, 7) is 3.77. The Morgan fingerprint density at radius 3 is 2.37 bits per heavy atom. The van der Waals surface area contributed by atoms with E-state index >= 15 is 0 Å². The molecule has 5 nitrogen and oxygen atoms in total. The Balaban J connectivity index is 1.71. The van der Waals surface area contributed by atoms with Crippen molar-refractivity contribution < 1.29 is 4.79 Å². The van der Waals surface area contributed by atoms with Crippen LogP contribution in [0.3, 0.4) is 0 Å². The number of carbonyl (C=O) groups is 1. The van der Waals surface area contributed by atoms with E-state index in [1.807, 2.05) is 43.4 Å². The summed E-state index contributed by atoms with van der Waals surface area (Å²) in [5.41, 5.74) is 3.43. The monoisotopic (exact) mass is 422 g/mol. The molecule has 1 N–H and O–H groups in total. The van der Waals surface area contributed by atoms with Crippen molar-refractivity contribution in [3.8, 4) is 0 Å². The third-order valence-electron chi connectivity index (χ3n) is 5.13. The van der Waals surface area contributed by atoms with Gasteiger partial charge in [0, 0.05) is 36.9 Å².